The molecule has 28 heavy (non-hydrogen) atoms. The van der Waals surface area contributed by atoms with Crippen molar-refractivity contribution in [2.24, 2.45) is 4.99 Å². The summed E-state index contributed by atoms with van der Waals surface area (Å²) in [6, 6.07) is 7.53. The van der Waals surface area contributed by atoms with Gasteiger partial charge in [-0.2, -0.15) is 0 Å². The fraction of sp³-hybridized carbons (Fsp3) is 0.450. The molecule has 8 heteroatoms. The topological polar surface area (TPSA) is 91.5 Å². The van der Waals surface area contributed by atoms with Crippen LogP contribution >= 0.6 is 24.0 Å². The predicted octanol–water partition coefficient (Wildman–Crippen LogP) is 3.30. The summed E-state index contributed by atoms with van der Waals surface area (Å²) in [5, 5.41) is 9.31. The Balaban J connectivity index is 0.00000392. The zero-order chi connectivity index (χ0) is 19.6. The van der Waals surface area contributed by atoms with Gasteiger partial charge in [0.15, 0.2) is 5.96 Å². The first-order chi connectivity index (χ1) is 13.0. The Bertz CT molecular complexity index is 769. The van der Waals surface area contributed by atoms with Crippen LogP contribution in [0.5, 0.6) is 0 Å². The minimum Gasteiger partial charge on any atom is -0.444 e. The SMILES string of the molecule is CCCNC(=O)c1cccc(CN=C(NCC)NCc2nc(C)c(C)o2)c1.I. The zero-order valence-corrected chi connectivity index (χ0v) is 19.3. The summed E-state index contributed by atoms with van der Waals surface area (Å²) in [4.78, 5) is 21.0. The molecule has 0 atom stereocenters. The van der Waals surface area contributed by atoms with Crippen LogP contribution in [0, 0.1) is 13.8 Å². The van der Waals surface area contributed by atoms with Gasteiger partial charge in [-0.1, -0.05) is 19.1 Å². The number of rotatable bonds is 8. The lowest BCUT2D eigenvalue weighted by Gasteiger charge is -2.10. The highest BCUT2D eigenvalue weighted by atomic mass is 127. The van der Waals surface area contributed by atoms with Gasteiger partial charge in [0.05, 0.1) is 18.8 Å². The van der Waals surface area contributed by atoms with Gasteiger partial charge in [-0.3, -0.25) is 4.79 Å². The number of guanidine groups is 1. The molecule has 0 aliphatic carbocycles. The summed E-state index contributed by atoms with van der Waals surface area (Å²) in [7, 11) is 0. The van der Waals surface area contributed by atoms with Gasteiger partial charge in [-0.25, -0.2) is 9.98 Å². The number of amides is 1. The summed E-state index contributed by atoms with van der Waals surface area (Å²) in [5.74, 6) is 2.08. The summed E-state index contributed by atoms with van der Waals surface area (Å²) in [6.07, 6.45) is 0.914. The van der Waals surface area contributed by atoms with Crippen LogP contribution in [0.2, 0.25) is 0 Å². The predicted molar refractivity (Wildman–Crippen MR) is 122 cm³/mol. The maximum atomic E-state index is 12.1. The molecule has 3 N–H and O–H groups in total. The van der Waals surface area contributed by atoms with Crippen molar-refractivity contribution >= 4 is 35.8 Å². The molecule has 7 nitrogen and oxygen atoms in total. The van der Waals surface area contributed by atoms with Gasteiger partial charge in [0.1, 0.15) is 5.76 Å². The van der Waals surface area contributed by atoms with E-state index in [0.29, 0.717) is 37.0 Å². The number of halogens is 1. The first-order valence-electron chi connectivity index (χ1n) is 9.35. The third kappa shape index (κ3) is 7.49. The van der Waals surface area contributed by atoms with Crippen LogP contribution in [-0.2, 0) is 13.1 Å². The molecule has 0 saturated heterocycles. The van der Waals surface area contributed by atoms with Crippen LogP contribution in [0.1, 0.15) is 53.5 Å². The van der Waals surface area contributed by atoms with Crippen molar-refractivity contribution in [3.8, 4) is 0 Å². The van der Waals surface area contributed by atoms with Crippen LogP contribution in [0.15, 0.2) is 33.7 Å². The second-order valence-electron chi connectivity index (χ2n) is 6.25. The van der Waals surface area contributed by atoms with Gasteiger partial charge < -0.3 is 20.4 Å². The van der Waals surface area contributed by atoms with E-state index < -0.39 is 0 Å². The lowest BCUT2D eigenvalue weighted by atomic mass is 10.1. The smallest absolute Gasteiger partial charge is 0.251 e. The molecule has 1 aromatic carbocycles. The van der Waals surface area contributed by atoms with E-state index in [-0.39, 0.29) is 29.9 Å². The number of benzene rings is 1. The highest BCUT2D eigenvalue weighted by Crippen LogP contribution is 2.08. The third-order valence-corrected chi connectivity index (χ3v) is 3.97. The van der Waals surface area contributed by atoms with Crippen molar-refractivity contribution in [1.29, 1.82) is 0 Å². The van der Waals surface area contributed by atoms with Crippen LogP contribution < -0.4 is 16.0 Å². The summed E-state index contributed by atoms with van der Waals surface area (Å²) >= 11 is 0. The molecule has 0 bridgehead atoms. The zero-order valence-electron chi connectivity index (χ0n) is 17.0. The van der Waals surface area contributed by atoms with E-state index in [9.17, 15) is 4.79 Å². The molecular weight excluding hydrogens is 469 g/mol. The largest absolute Gasteiger partial charge is 0.444 e. The Kier molecular flexibility index (Phi) is 10.6. The second kappa shape index (κ2) is 12.4. The Morgan fingerprint density at radius 3 is 2.61 bits per heavy atom. The van der Waals surface area contributed by atoms with Crippen LogP contribution in [0.3, 0.4) is 0 Å². The number of hydrogen-bond donors (Lipinski definition) is 3. The average Bonchev–Trinajstić information content (AvgIpc) is 3.00. The van der Waals surface area contributed by atoms with E-state index in [0.717, 1.165) is 30.0 Å². The number of carbonyl (C=O) groups is 1. The molecule has 2 rings (SSSR count). The van der Waals surface area contributed by atoms with Crippen LogP contribution in [0.25, 0.3) is 0 Å². The van der Waals surface area contributed by atoms with Crippen molar-refractivity contribution in [2.75, 3.05) is 13.1 Å². The standard InChI is InChI=1S/C20H29N5O2.HI/c1-5-10-22-19(26)17-9-7-8-16(11-17)12-23-20(21-6-2)24-13-18-25-14(3)15(4)27-18;/h7-9,11H,5-6,10,12-13H2,1-4H3,(H,22,26)(H2,21,23,24);1H. The Labute approximate surface area is 183 Å². The van der Waals surface area contributed by atoms with E-state index in [1.807, 2.05) is 52.0 Å². The van der Waals surface area contributed by atoms with Crippen LogP contribution in [0.4, 0.5) is 0 Å². The molecule has 0 radical (unpaired) electrons. The highest BCUT2D eigenvalue weighted by molar-refractivity contribution is 14.0. The number of nitrogens with zero attached hydrogens (tertiary/aromatic N) is 2. The first kappa shape index (κ1) is 23.9. The van der Waals surface area contributed by atoms with Crippen molar-refractivity contribution in [2.45, 2.75) is 47.2 Å². The molecule has 0 aliphatic heterocycles. The van der Waals surface area contributed by atoms with Crippen molar-refractivity contribution in [1.82, 2.24) is 20.9 Å². The Morgan fingerprint density at radius 2 is 1.96 bits per heavy atom. The average molecular weight is 499 g/mol. The second-order valence-corrected chi connectivity index (χ2v) is 6.25. The van der Waals surface area contributed by atoms with Crippen molar-refractivity contribution in [3.05, 3.63) is 52.7 Å². The fourth-order valence-corrected chi connectivity index (χ4v) is 2.44. The minimum absolute atomic E-state index is 0. The quantitative estimate of drug-likeness (QED) is 0.295. The van der Waals surface area contributed by atoms with Crippen LogP contribution in [-0.4, -0.2) is 29.9 Å². The molecule has 0 aliphatic rings. The van der Waals surface area contributed by atoms with E-state index in [1.165, 1.54) is 0 Å². The maximum Gasteiger partial charge on any atom is 0.251 e. The molecule has 1 aromatic heterocycles. The molecule has 0 spiro atoms. The number of aromatic nitrogens is 1. The summed E-state index contributed by atoms with van der Waals surface area (Å²) in [5.41, 5.74) is 2.52. The van der Waals surface area contributed by atoms with Gasteiger partial charge in [-0.05, 0) is 44.9 Å². The highest BCUT2D eigenvalue weighted by Gasteiger charge is 2.07. The number of nitrogens with one attached hydrogen (secondary N) is 3. The monoisotopic (exact) mass is 499 g/mol. The number of hydrogen-bond acceptors (Lipinski definition) is 4. The normalized spacial score (nSPS) is 10.9. The molecule has 0 saturated carbocycles. The molecule has 0 fully saturated rings. The summed E-state index contributed by atoms with van der Waals surface area (Å²) in [6.45, 7) is 10.2. The molecule has 1 amide bonds. The fourth-order valence-electron chi connectivity index (χ4n) is 2.44. The first-order valence-corrected chi connectivity index (χ1v) is 9.35. The maximum absolute atomic E-state index is 12.1. The molecule has 154 valence electrons. The molecule has 2 aromatic rings. The van der Waals surface area contributed by atoms with E-state index in [2.05, 4.69) is 25.9 Å². The van der Waals surface area contributed by atoms with Gasteiger partial charge in [0.25, 0.3) is 5.91 Å². The number of oxazole rings is 1. The minimum atomic E-state index is -0.0534. The van der Waals surface area contributed by atoms with Crippen molar-refractivity contribution < 1.29 is 9.21 Å². The number of aryl methyl sites for hydroxylation is 2. The van der Waals surface area contributed by atoms with Gasteiger partial charge in [0.2, 0.25) is 5.89 Å². The third-order valence-electron chi connectivity index (χ3n) is 3.97. The van der Waals surface area contributed by atoms with E-state index in [1.54, 1.807) is 0 Å². The van der Waals surface area contributed by atoms with E-state index >= 15 is 0 Å². The molecule has 1 heterocycles. The number of carbonyl (C=O) groups excluding carboxylic acids is 1. The Hall–Kier alpha value is -2.10. The lowest BCUT2D eigenvalue weighted by Crippen LogP contribution is -2.36. The van der Waals surface area contributed by atoms with Crippen molar-refractivity contribution in [3.63, 3.8) is 0 Å². The van der Waals surface area contributed by atoms with Gasteiger partial charge in [0, 0.05) is 18.7 Å². The number of aliphatic imine (C=N–C) groups is 1. The van der Waals surface area contributed by atoms with Gasteiger partial charge in [-0.15, -0.1) is 24.0 Å². The van der Waals surface area contributed by atoms with E-state index in [4.69, 9.17) is 4.42 Å². The molecule has 0 unspecified atom stereocenters. The lowest BCUT2D eigenvalue weighted by molar-refractivity contribution is 0.0953. The Morgan fingerprint density at radius 1 is 1.18 bits per heavy atom. The molecular formula is C20H30IN5O2. The van der Waals surface area contributed by atoms with Gasteiger partial charge >= 0.3 is 0 Å². The summed E-state index contributed by atoms with van der Waals surface area (Å²) < 4.78 is 5.58.